The molecule has 0 saturated heterocycles. The largest absolute Gasteiger partial charge is 0.542 e. The number of amides is 2. The lowest BCUT2D eigenvalue weighted by molar-refractivity contribution is -0.377. The van der Waals surface area contributed by atoms with Crippen LogP contribution in [0.15, 0.2) is 24.5 Å². The van der Waals surface area contributed by atoms with Crippen LogP contribution in [0.2, 0.25) is 0 Å². The quantitative estimate of drug-likeness (QED) is 0.344. The molecule has 0 aromatic carbocycles. The number of nitriles is 1. The molecule has 34 heavy (non-hydrogen) atoms. The van der Waals surface area contributed by atoms with Gasteiger partial charge in [0.05, 0.1) is 11.8 Å². The molecule has 3 N–H and O–H groups in total. The maximum Gasteiger partial charge on any atom is 0.450 e. The summed E-state index contributed by atoms with van der Waals surface area (Å²) in [5.41, 5.74) is 0.465. The Balaban J connectivity index is 0.00000135. The summed E-state index contributed by atoms with van der Waals surface area (Å²) >= 11 is 0.804. The van der Waals surface area contributed by atoms with Gasteiger partial charge in [-0.1, -0.05) is 0 Å². The van der Waals surface area contributed by atoms with Crippen LogP contribution in [0.4, 0.5) is 32.0 Å². The molecule has 1 heterocycles. The normalized spacial score (nSPS) is 11.8. The van der Waals surface area contributed by atoms with Gasteiger partial charge in [-0.05, 0) is 24.7 Å². The van der Waals surface area contributed by atoms with Crippen LogP contribution >= 0.6 is 11.8 Å². The first-order chi connectivity index (χ1) is 15.7. The number of carboxylic acids is 1. The van der Waals surface area contributed by atoms with Gasteiger partial charge in [-0.3, -0.25) is 14.4 Å². The predicted octanol–water partition coefficient (Wildman–Crippen LogP) is 0.781. The van der Waals surface area contributed by atoms with E-state index >= 15 is 0 Å². The number of hydrogen-bond acceptors (Lipinski definition) is 7. The SMILES string of the molecule is N#CCC(=O)N[C@@H](CCCSCC(=O)C(F)(F)F)C(=O)Nc1ccc[nH+]c1.O=C([O-])C(F)(F)F. The lowest BCUT2D eigenvalue weighted by atomic mass is 10.1. The zero-order valence-corrected chi connectivity index (χ0v) is 17.9. The minimum absolute atomic E-state index is 0.146. The van der Waals surface area contributed by atoms with Gasteiger partial charge < -0.3 is 20.5 Å². The van der Waals surface area contributed by atoms with Crippen LogP contribution in [0, 0.1) is 11.3 Å². The standard InChI is InChI=1S/C16H17F3N4O3S.C2HF3O2/c17-16(18,19)13(24)10-27-8-2-4-12(23-14(25)5-6-20)15(26)22-11-3-1-7-21-9-11;3-2(4,5)1(6)7/h1,3,7,9,12H,2,4-5,8,10H2,(H,22,26)(H,23,25);(H,6,7)/t12-;/m0./s1. The molecule has 0 unspecified atom stereocenters. The Labute approximate surface area is 192 Å². The molecule has 1 atom stereocenters. The fourth-order valence-electron chi connectivity index (χ4n) is 1.92. The average Bonchev–Trinajstić information content (AvgIpc) is 2.72. The number of H-pyrrole nitrogens is 1. The number of aliphatic carboxylic acids is 1. The van der Waals surface area contributed by atoms with Crippen molar-refractivity contribution in [2.45, 2.75) is 37.7 Å². The number of nitrogens with zero attached hydrogens (tertiary/aromatic N) is 1. The Morgan fingerprint density at radius 2 is 1.76 bits per heavy atom. The van der Waals surface area contributed by atoms with Gasteiger partial charge in [0, 0.05) is 6.07 Å². The number of Topliss-reactive ketones (excluding diaryl/α,β-unsaturated/α-hetero) is 1. The number of anilines is 1. The lowest BCUT2D eigenvalue weighted by Gasteiger charge is -2.17. The van der Waals surface area contributed by atoms with E-state index in [0.29, 0.717) is 12.1 Å². The minimum atomic E-state index is -5.19. The van der Waals surface area contributed by atoms with Crippen molar-refractivity contribution >= 4 is 41.0 Å². The summed E-state index contributed by atoms with van der Waals surface area (Å²) in [5, 5.41) is 22.3. The summed E-state index contributed by atoms with van der Waals surface area (Å²) in [6, 6.07) is 4.00. The number of carbonyl (C=O) groups is 4. The van der Waals surface area contributed by atoms with Crippen molar-refractivity contribution in [3.8, 4) is 6.07 Å². The van der Waals surface area contributed by atoms with Gasteiger partial charge in [0.2, 0.25) is 17.6 Å². The molecular formula is C18H18F6N4O5S. The van der Waals surface area contributed by atoms with Gasteiger partial charge in [0.25, 0.3) is 0 Å². The smallest absolute Gasteiger partial charge is 0.450 e. The molecule has 16 heteroatoms. The first kappa shape index (κ1) is 30.6. The van der Waals surface area contributed by atoms with E-state index in [-0.39, 0.29) is 12.2 Å². The highest BCUT2D eigenvalue weighted by Crippen LogP contribution is 2.19. The highest BCUT2D eigenvalue weighted by molar-refractivity contribution is 7.99. The molecule has 0 aliphatic rings. The van der Waals surface area contributed by atoms with E-state index in [0.717, 1.165) is 11.8 Å². The molecule has 2 amide bonds. The number of alkyl halides is 6. The third kappa shape index (κ3) is 13.9. The number of nitrogens with one attached hydrogen (secondary N) is 3. The van der Waals surface area contributed by atoms with Crippen LogP contribution in [-0.4, -0.2) is 53.5 Å². The van der Waals surface area contributed by atoms with E-state index in [2.05, 4.69) is 15.6 Å². The van der Waals surface area contributed by atoms with Crippen molar-refractivity contribution < 1.29 is 55.6 Å². The molecule has 1 aromatic rings. The Morgan fingerprint density at radius 3 is 2.24 bits per heavy atom. The molecule has 0 fully saturated rings. The summed E-state index contributed by atoms with van der Waals surface area (Å²) in [7, 11) is 0. The molecule has 0 saturated carbocycles. The van der Waals surface area contributed by atoms with Crippen molar-refractivity contribution in [2.75, 3.05) is 16.8 Å². The number of thioether (sulfide) groups is 1. The highest BCUT2D eigenvalue weighted by atomic mass is 32.2. The summed E-state index contributed by atoms with van der Waals surface area (Å²) in [6.45, 7) is 0. The van der Waals surface area contributed by atoms with Gasteiger partial charge in [-0.25, -0.2) is 4.98 Å². The van der Waals surface area contributed by atoms with Gasteiger partial charge in [-0.2, -0.15) is 43.4 Å². The van der Waals surface area contributed by atoms with Crippen LogP contribution < -0.4 is 20.7 Å². The second kappa shape index (κ2) is 14.7. The van der Waals surface area contributed by atoms with Crippen molar-refractivity contribution in [3.63, 3.8) is 0 Å². The summed E-state index contributed by atoms with van der Waals surface area (Å²) in [4.78, 5) is 46.3. The third-order valence-corrected chi connectivity index (χ3v) is 4.47. The molecule has 0 bridgehead atoms. The lowest BCUT2D eigenvalue weighted by Crippen LogP contribution is -2.43. The Kier molecular flexibility index (Phi) is 13.3. The van der Waals surface area contributed by atoms with Gasteiger partial charge in [0.1, 0.15) is 24.1 Å². The number of ketones is 1. The molecule has 1 rings (SSSR count). The van der Waals surface area contributed by atoms with E-state index in [1.54, 1.807) is 24.4 Å². The van der Waals surface area contributed by atoms with Crippen molar-refractivity contribution in [2.24, 2.45) is 0 Å². The van der Waals surface area contributed by atoms with Crippen molar-refractivity contribution in [1.82, 2.24) is 5.32 Å². The number of halogens is 6. The molecule has 9 nitrogen and oxygen atoms in total. The van der Waals surface area contributed by atoms with Crippen LogP contribution in [0.5, 0.6) is 0 Å². The fraction of sp³-hybridized carbons (Fsp3) is 0.444. The molecule has 0 aliphatic carbocycles. The molecular weight excluding hydrogens is 498 g/mol. The first-order valence-electron chi connectivity index (χ1n) is 9.07. The van der Waals surface area contributed by atoms with Gasteiger partial charge in [0.15, 0.2) is 12.4 Å². The van der Waals surface area contributed by atoms with Crippen molar-refractivity contribution in [1.29, 1.82) is 5.26 Å². The number of hydrogen-bond donors (Lipinski definition) is 2. The Morgan fingerprint density at radius 1 is 1.15 bits per heavy atom. The topological polar surface area (TPSA) is 153 Å². The molecule has 1 aromatic heterocycles. The second-order valence-electron chi connectivity index (χ2n) is 6.14. The molecule has 188 valence electrons. The second-order valence-corrected chi connectivity index (χ2v) is 7.24. The molecule has 0 spiro atoms. The summed E-state index contributed by atoms with van der Waals surface area (Å²) in [6.07, 6.45) is -6.86. The zero-order valence-electron chi connectivity index (χ0n) is 17.1. The first-order valence-corrected chi connectivity index (χ1v) is 10.2. The van der Waals surface area contributed by atoms with Crippen LogP contribution in [0.25, 0.3) is 0 Å². The monoisotopic (exact) mass is 516 g/mol. The average molecular weight is 516 g/mol. The number of carboxylic acid groups (broad SMARTS) is 1. The maximum atomic E-state index is 12.3. The van der Waals surface area contributed by atoms with Crippen LogP contribution in [-0.2, 0) is 19.2 Å². The van der Waals surface area contributed by atoms with Crippen LogP contribution in [0.3, 0.4) is 0 Å². The van der Waals surface area contributed by atoms with Crippen molar-refractivity contribution in [3.05, 3.63) is 24.5 Å². The van der Waals surface area contributed by atoms with E-state index in [9.17, 15) is 40.7 Å². The van der Waals surface area contributed by atoms with Crippen LogP contribution in [0.1, 0.15) is 19.3 Å². The van der Waals surface area contributed by atoms with E-state index in [4.69, 9.17) is 15.2 Å². The number of aromatic amines is 1. The zero-order chi connectivity index (χ0) is 26.4. The third-order valence-electron chi connectivity index (χ3n) is 3.43. The maximum absolute atomic E-state index is 12.3. The molecule has 0 aliphatic heterocycles. The predicted molar refractivity (Wildman–Crippen MR) is 102 cm³/mol. The number of pyridine rings is 1. The van der Waals surface area contributed by atoms with Gasteiger partial charge >= 0.3 is 12.4 Å². The number of aromatic nitrogens is 1. The Hall–Kier alpha value is -3.35. The van der Waals surface area contributed by atoms with E-state index in [1.807, 2.05) is 0 Å². The summed E-state index contributed by atoms with van der Waals surface area (Å²) < 4.78 is 67.9. The minimum Gasteiger partial charge on any atom is -0.542 e. The summed E-state index contributed by atoms with van der Waals surface area (Å²) in [5.74, 6) is -6.45. The van der Waals surface area contributed by atoms with E-state index in [1.165, 1.54) is 6.20 Å². The molecule has 0 radical (unpaired) electrons. The van der Waals surface area contributed by atoms with E-state index < -0.39 is 54.1 Å². The Bertz CT molecular complexity index is 874. The fourth-order valence-corrected chi connectivity index (χ4v) is 2.79. The van der Waals surface area contributed by atoms with Gasteiger partial charge in [-0.15, -0.1) is 0 Å². The highest BCUT2D eigenvalue weighted by Gasteiger charge is 2.37. The number of carbonyl (C=O) groups excluding carboxylic acids is 4. The number of rotatable bonds is 10.